The van der Waals surface area contributed by atoms with E-state index in [0.29, 0.717) is 23.5 Å². The first-order chi connectivity index (χ1) is 10.2. The summed E-state index contributed by atoms with van der Waals surface area (Å²) >= 11 is 1.03. The fourth-order valence-corrected chi connectivity index (χ4v) is 4.46. The van der Waals surface area contributed by atoms with E-state index in [1.54, 1.807) is 18.2 Å². The molecular weight excluding hydrogens is 308 g/mol. The van der Waals surface area contributed by atoms with Crippen molar-refractivity contribution in [2.75, 3.05) is 19.6 Å². The molecule has 1 aromatic heterocycles. The molecule has 0 radical (unpaired) electrons. The lowest BCUT2D eigenvalue weighted by Crippen LogP contribution is -2.33. The second-order valence-corrected chi connectivity index (χ2v) is 7.55. The van der Waals surface area contributed by atoms with Crippen molar-refractivity contribution in [3.8, 4) is 0 Å². The lowest BCUT2D eigenvalue weighted by atomic mass is 9.96. The normalized spacial score (nSPS) is 19.9. The van der Waals surface area contributed by atoms with Crippen molar-refractivity contribution >= 4 is 32.8 Å². The molecule has 8 heteroatoms. The van der Waals surface area contributed by atoms with Crippen molar-refractivity contribution in [2.45, 2.75) is 24.2 Å². The van der Waals surface area contributed by atoms with Crippen molar-refractivity contribution in [3.05, 3.63) is 18.2 Å². The van der Waals surface area contributed by atoms with Gasteiger partial charge in [-0.3, -0.25) is 0 Å². The average Bonchev–Trinajstić information content (AvgIpc) is 2.96. The van der Waals surface area contributed by atoms with E-state index in [1.165, 1.54) is 12.8 Å². The minimum atomic E-state index is -3.52. The van der Waals surface area contributed by atoms with Crippen molar-refractivity contribution in [3.63, 3.8) is 0 Å². The van der Waals surface area contributed by atoms with Gasteiger partial charge >= 0.3 is 0 Å². The summed E-state index contributed by atoms with van der Waals surface area (Å²) in [5.41, 5.74) is 1.08. The number of hydrogen-bond acceptors (Lipinski definition) is 6. The Labute approximate surface area is 128 Å². The Morgan fingerprint density at radius 1 is 1.38 bits per heavy atom. The van der Waals surface area contributed by atoms with Crippen LogP contribution in [-0.2, 0) is 10.0 Å². The van der Waals surface area contributed by atoms with Gasteiger partial charge in [0.05, 0.1) is 11.7 Å². The van der Waals surface area contributed by atoms with Crippen LogP contribution in [-0.4, -0.2) is 36.8 Å². The molecule has 1 aliphatic heterocycles. The van der Waals surface area contributed by atoms with Gasteiger partial charge in [-0.25, -0.2) is 13.1 Å². The molecule has 1 fully saturated rings. The van der Waals surface area contributed by atoms with Crippen LogP contribution < -0.4 is 10.0 Å². The zero-order chi connectivity index (χ0) is 14.7. The molecule has 0 spiro atoms. The van der Waals surface area contributed by atoms with Crippen LogP contribution >= 0.6 is 11.7 Å². The van der Waals surface area contributed by atoms with Gasteiger partial charge in [-0.2, -0.15) is 8.75 Å². The van der Waals surface area contributed by atoms with Gasteiger partial charge < -0.3 is 5.32 Å². The van der Waals surface area contributed by atoms with Crippen molar-refractivity contribution in [2.24, 2.45) is 5.92 Å². The number of sulfonamides is 1. The third-order valence-corrected chi connectivity index (χ3v) is 5.82. The molecule has 0 saturated carbocycles. The molecule has 1 atom stereocenters. The maximum absolute atomic E-state index is 12.4. The van der Waals surface area contributed by atoms with Crippen molar-refractivity contribution < 1.29 is 8.42 Å². The molecule has 0 aliphatic carbocycles. The first kappa shape index (κ1) is 14.8. The summed E-state index contributed by atoms with van der Waals surface area (Å²) in [6.07, 6.45) is 3.19. The summed E-state index contributed by atoms with van der Waals surface area (Å²) < 4.78 is 35.6. The molecule has 6 nitrogen and oxygen atoms in total. The first-order valence-corrected chi connectivity index (χ1v) is 9.30. The van der Waals surface area contributed by atoms with Gasteiger partial charge in [-0.15, -0.1) is 0 Å². The molecule has 1 saturated heterocycles. The van der Waals surface area contributed by atoms with Crippen LogP contribution in [0.5, 0.6) is 0 Å². The Morgan fingerprint density at radius 3 is 3.10 bits per heavy atom. The van der Waals surface area contributed by atoms with Crippen LogP contribution in [0.4, 0.5) is 0 Å². The molecular formula is C13H18N4O2S2. The highest BCUT2D eigenvalue weighted by molar-refractivity contribution is 7.89. The van der Waals surface area contributed by atoms with Crippen LogP contribution in [0.25, 0.3) is 11.0 Å². The monoisotopic (exact) mass is 326 g/mol. The fourth-order valence-electron chi connectivity index (χ4n) is 2.64. The number of fused-ring (bicyclic) bond motifs is 1. The predicted molar refractivity (Wildman–Crippen MR) is 82.8 cm³/mol. The molecule has 2 N–H and O–H groups in total. The summed E-state index contributed by atoms with van der Waals surface area (Å²) in [6, 6.07) is 5.04. The highest BCUT2D eigenvalue weighted by Gasteiger charge is 2.20. The smallest absolute Gasteiger partial charge is 0.242 e. The summed E-state index contributed by atoms with van der Waals surface area (Å²) in [5, 5.41) is 3.34. The van der Waals surface area contributed by atoms with Crippen LogP contribution in [0, 0.1) is 5.92 Å². The molecule has 1 aromatic carbocycles. The van der Waals surface area contributed by atoms with Gasteiger partial charge in [0, 0.05) is 6.54 Å². The molecule has 0 bridgehead atoms. The van der Waals surface area contributed by atoms with Gasteiger partial charge in [-0.1, -0.05) is 6.07 Å². The van der Waals surface area contributed by atoms with Crippen molar-refractivity contribution in [1.82, 2.24) is 18.8 Å². The van der Waals surface area contributed by atoms with Gasteiger partial charge in [-0.05, 0) is 50.4 Å². The van der Waals surface area contributed by atoms with Crippen LogP contribution in [0.15, 0.2) is 23.1 Å². The highest BCUT2D eigenvalue weighted by atomic mass is 32.2. The van der Waals surface area contributed by atoms with E-state index < -0.39 is 10.0 Å². The molecule has 1 unspecified atom stereocenters. The van der Waals surface area contributed by atoms with E-state index in [9.17, 15) is 8.42 Å². The standard InChI is InChI=1S/C13H18N4O2S2/c18-21(19,15-8-6-10-3-2-7-14-9-10)12-5-1-4-11-13(12)17-20-16-11/h1,4-5,10,14-15H,2-3,6-9H2. The summed E-state index contributed by atoms with van der Waals surface area (Å²) in [5.74, 6) is 0.554. The maximum Gasteiger partial charge on any atom is 0.242 e. The Hall–Kier alpha value is -1.09. The lowest BCUT2D eigenvalue weighted by molar-refractivity contribution is 0.358. The Balaban J connectivity index is 1.67. The number of rotatable bonds is 5. The molecule has 0 amide bonds. The predicted octanol–water partition coefficient (Wildman–Crippen LogP) is 1.36. The summed E-state index contributed by atoms with van der Waals surface area (Å²) in [7, 11) is -3.52. The second kappa shape index (κ2) is 6.35. The van der Waals surface area contributed by atoms with Gasteiger partial charge in [0.2, 0.25) is 10.0 Å². The van der Waals surface area contributed by atoms with Gasteiger partial charge in [0.1, 0.15) is 15.9 Å². The highest BCUT2D eigenvalue weighted by Crippen LogP contribution is 2.21. The molecule has 3 rings (SSSR count). The molecule has 2 aromatic rings. The minimum absolute atomic E-state index is 0.218. The first-order valence-electron chi connectivity index (χ1n) is 7.08. The van der Waals surface area contributed by atoms with Crippen molar-refractivity contribution in [1.29, 1.82) is 0 Å². The topological polar surface area (TPSA) is 84.0 Å². The zero-order valence-electron chi connectivity index (χ0n) is 11.6. The number of piperidine rings is 1. The van der Waals surface area contributed by atoms with Crippen LogP contribution in [0.1, 0.15) is 19.3 Å². The zero-order valence-corrected chi connectivity index (χ0v) is 13.2. The minimum Gasteiger partial charge on any atom is -0.316 e. The number of hydrogen-bond donors (Lipinski definition) is 2. The maximum atomic E-state index is 12.4. The summed E-state index contributed by atoms with van der Waals surface area (Å²) in [4.78, 5) is 0.218. The largest absolute Gasteiger partial charge is 0.316 e. The molecule has 21 heavy (non-hydrogen) atoms. The average molecular weight is 326 g/mol. The SMILES string of the molecule is O=S(=O)(NCCC1CCCNC1)c1cccc2nsnc12. The van der Waals surface area contributed by atoms with E-state index in [0.717, 1.165) is 31.2 Å². The van der Waals surface area contributed by atoms with E-state index in [1.807, 2.05) is 0 Å². The number of aromatic nitrogens is 2. The quantitative estimate of drug-likeness (QED) is 0.867. The Bertz CT molecular complexity index is 708. The van der Waals surface area contributed by atoms with Crippen LogP contribution in [0.3, 0.4) is 0 Å². The molecule has 1 aliphatic rings. The summed E-state index contributed by atoms with van der Waals surface area (Å²) in [6.45, 7) is 2.51. The molecule has 2 heterocycles. The number of nitrogens with zero attached hydrogens (tertiary/aromatic N) is 2. The lowest BCUT2D eigenvalue weighted by Gasteiger charge is -2.22. The number of nitrogens with one attached hydrogen (secondary N) is 2. The number of benzene rings is 1. The van der Waals surface area contributed by atoms with E-state index in [-0.39, 0.29) is 4.90 Å². The Kier molecular flexibility index (Phi) is 4.48. The second-order valence-electron chi connectivity index (χ2n) is 5.29. The van der Waals surface area contributed by atoms with E-state index in [2.05, 4.69) is 18.8 Å². The van der Waals surface area contributed by atoms with E-state index >= 15 is 0 Å². The van der Waals surface area contributed by atoms with Gasteiger partial charge in [0.25, 0.3) is 0 Å². The van der Waals surface area contributed by atoms with Crippen LogP contribution in [0.2, 0.25) is 0 Å². The fraction of sp³-hybridized carbons (Fsp3) is 0.538. The third kappa shape index (κ3) is 3.39. The Morgan fingerprint density at radius 2 is 2.29 bits per heavy atom. The van der Waals surface area contributed by atoms with Gasteiger partial charge in [0.15, 0.2) is 0 Å². The van der Waals surface area contributed by atoms with E-state index in [4.69, 9.17) is 0 Å². The third-order valence-electron chi connectivity index (χ3n) is 3.78. The molecule has 114 valence electrons.